The summed E-state index contributed by atoms with van der Waals surface area (Å²) in [4.78, 5) is 9.11. The van der Waals surface area contributed by atoms with Gasteiger partial charge in [0.1, 0.15) is 5.75 Å². The molecule has 0 bridgehead atoms. The van der Waals surface area contributed by atoms with Gasteiger partial charge in [-0.05, 0) is 68.1 Å². The number of nitrogens with zero attached hydrogens (tertiary/aromatic N) is 3. The van der Waals surface area contributed by atoms with Crippen molar-refractivity contribution >= 4 is 33.9 Å². The molecule has 2 aromatic carbocycles. The largest absolute Gasteiger partial charge is 0.505 e. The van der Waals surface area contributed by atoms with Gasteiger partial charge in [0.2, 0.25) is 0 Å². The van der Waals surface area contributed by atoms with Crippen LogP contribution in [0.5, 0.6) is 5.75 Å². The summed E-state index contributed by atoms with van der Waals surface area (Å²) in [6, 6.07) is 11.8. The average Bonchev–Trinajstić information content (AvgIpc) is 2.78. The summed E-state index contributed by atoms with van der Waals surface area (Å²) in [6.45, 7) is 14.1. The molecule has 0 aliphatic carbocycles. The SMILES string of the molecule is CCN(CC)Cc1cc(CN(CC)CC)c(O)c(Nc2ccnc3cc(Cl)ccc23)c1. The van der Waals surface area contributed by atoms with Crippen LogP contribution in [0.2, 0.25) is 5.02 Å². The summed E-state index contributed by atoms with van der Waals surface area (Å²) in [7, 11) is 0. The Labute approximate surface area is 190 Å². The fourth-order valence-electron chi connectivity index (χ4n) is 3.84. The lowest BCUT2D eigenvalue weighted by Crippen LogP contribution is -2.24. The van der Waals surface area contributed by atoms with E-state index >= 15 is 0 Å². The van der Waals surface area contributed by atoms with Gasteiger partial charge in [0, 0.05) is 40.9 Å². The lowest BCUT2D eigenvalue weighted by atomic mass is 10.1. The summed E-state index contributed by atoms with van der Waals surface area (Å²) in [5, 5.41) is 16.2. The van der Waals surface area contributed by atoms with Crippen LogP contribution in [-0.2, 0) is 13.1 Å². The molecule has 3 rings (SSSR count). The van der Waals surface area contributed by atoms with Gasteiger partial charge in [0.15, 0.2) is 0 Å². The van der Waals surface area contributed by atoms with Crippen molar-refractivity contribution in [3.05, 3.63) is 58.7 Å². The Morgan fingerprint density at radius 1 is 0.871 bits per heavy atom. The van der Waals surface area contributed by atoms with Gasteiger partial charge < -0.3 is 10.4 Å². The van der Waals surface area contributed by atoms with Gasteiger partial charge in [0.25, 0.3) is 0 Å². The van der Waals surface area contributed by atoms with Crippen LogP contribution in [0.25, 0.3) is 10.9 Å². The number of benzene rings is 2. The van der Waals surface area contributed by atoms with E-state index in [-0.39, 0.29) is 0 Å². The number of hydrogen-bond acceptors (Lipinski definition) is 5. The van der Waals surface area contributed by atoms with Crippen LogP contribution in [0.15, 0.2) is 42.6 Å². The minimum atomic E-state index is 0.300. The Bertz CT molecular complexity index is 1020. The zero-order chi connectivity index (χ0) is 22.4. The normalized spacial score (nSPS) is 11.6. The van der Waals surface area contributed by atoms with E-state index in [1.165, 1.54) is 5.56 Å². The lowest BCUT2D eigenvalue weighted by Gasteiger charge is -2.23. The second kappa shape index (κ2) is 10.8. The maximum Gasteiger partial charge on any atom is 0.143 e. The van der Waals surface area contributed by atoms with Gasteiger partial charge in [-0.15, -0.1) is 0 Å². The summed E-state index contributed by atoms with van der Waals surface area (Å²) in [5.41, 5.74) is 4.56. The van der Waals surface area contributed by atoms with Crippen LogP contribution in [0.1, 0.15) is 38.8 Å². The van der Waals surface area contributed by atoms with E-state index in [0.717, 1.165) is 54.9 Å². The topological polar surface area (TPSA) is 51.6 Å². The van der Waals surface area contributed by atoms with Crippen molar-refractivity contribution in [2.24, 2.45) is 0 Å². The molecule has 0 aliphatic heterocycles. The number of rotatable bonds is 10. The predicted octanol–water partition coefficient (Wildman–Crippen LogP) is 6.02. The highest BCUT2D eigenvalue weighted by Crippen LogP contribution is 2.35. The van der Waals surface area contributed by atoms with Crippen LogP contribution >= 0.6 is 11.6 Å². The predicted molar refractivity (Wildman–Crippen MR) is 131 cm³/mol. The third-order valence-electron chi connectivity index (χ3n) is 5.81. The van der Waals surface area contributed by atoms with Crippen molar-refractivity contribution in [2.75, 3.05) is 31.5 Å². The number of halogens is 1. The molecule has 2 N–H and O–H groups in total. The molecule has 0 aliphatic rings. The summed E-state index contributed by atoms with van der Waals surface area (Å²) < 4.78 is 0. The Morgan fingerprint density at radius 2 is 1.55 bits per heavy atom. The number of fused-ring (bicyclic) bond motifs is 1. The number of aromatic hydroxyl groups is 1. The van der Waals surface area contributed by atoms with Crippen molar-refractivity contribution in [2.45, 2.75) is 40.8 Å². The van der Waals surface area contributed by atoms with E-state index in [4.69, 9.17) is 11.6 Å². The first-order chi connectivity index (χ1) is 15.0. The molecule has 0 spiro atoms. The molecule has 0 atom stereocenters. The summed E-state index contributed by atoms with van der Waals surface area (Å²) in [6.07, 6.45) is 1.76. The number of hydrogen-bond donors (Lipinski definition) is 2. The molecule has 0 amide bonds. The highest BCUT2D eigenvalue weighted by atomic mass is 35.5. The standard InChI is InChI=1S/C25H33ClN4O/c1-5-29(6-2)16-18-13-19(17-30(7-3)8-4)25(31)24(14-18)28-22-11-12-27-23-15-20(26)9-10-21(22)23/h9-15,31H,5-8,16-17H2,1-4H3,(H,27,28). The second-order valence-electron chi connectivity index (χ2n) is 7.72. The molecule has 6 heteroatoms. The Hall–Kier alpha value is -2.34. The Morgan fingerprint density at radius 3 is 2.23 bits per heavy atom. The molecular formula is C25H33ClN4O. The molecule has 0 fully saturated rings. The fraction of sp³-hybridized carbons (Fsp3) is 0.400. The van der Waals surface area contributed by atoms with Crippen LogP contribution in [0, 0.1) is 0 Å². The van der Waals surface area contributed by atoms with Gasteiger partial charge >= 0.3 is 0 Å². The molecule has 31 heavy (non-hydrogen) atoms. The summed E-state index contributed by atoms with van der Waals surface area (Å²) >= 11 is 6.14. The molecular weight excluding hydrogens is 408 g/mol. The van der Waals surface area contributed by atoms with Crippen LogP contribution in [0.4, 0.5) is 11.4 Å². The smallest absolute Gasteiger partial charge is 0.143 e. The zero-order valence-electron chi connectivity index (χ0n) is 19.0. The number of phenols is 1. The molecule has 1 aromatic heterocycles. The number of anilines is 2. The minimum Gasteiger partial charge on any atom is -0.505 e. The van der Waals surface area contributed by atoms with E-state index in [1.807, 2.05) is 24.3 Å². The first kappa shape index (κ1) is 23.3. The van der Waals surface area contributed by atoms with Crippen LogP contribution in [0.3, 0.4) is 0 Å². The highest BCUT2D eigenvalue weighted by molar-refractivity contribution is 6.31. The molecule has 0 radical (unpaired) electrons. The maximum absolute atomic E-state index is 11.1. The molecule has 0 saturated carbocycles. The van der Waals surface area contributed by atoms with E-state index in [0.29, 0.717) is 23.0 Å². The van der Waals surface area contributed by atoms with E-state index in [9.17, 15) is 5.11 Å². The van der Waals surface area contributed by atoms with E-state index in [1.54, 1.807) is 6.20 Å². The Balaban J connectivity index is 2.03. The van der Waals surface area contributed by atoms with Gasteiger partial charge in [-0.25, -0.2) is 0 Å². The minimum absolute atomic E-state index is 0.300. The number of aromatic nitrogens is 1. The van der Waals surface area contributed by atoms with E-state index < -0.39 is 0 Å². The Kier molecular flexibility index (Phi) is 8.13. The molecule has 5 nitrogen and oxygen atoms in total. The molecule has 166 valence electrons. The first-order valence-electron chi connectivity index (χ1n) is 11.1. The third-order valence-corrected chi connectivity index (χ3v) is 6.05. The van der Waals surface area contributed by atoms with Crippen molar-refractivity contribution in [1.82, 2.24) is 14.8 Å². The quantitative estimate of drug-likeness (QED) is 0.377. The maximum atomic E-state index is 11.1. The van der Waals surface area contributed by atoms with Gasteiger partial charge in [-0.1, -0.05) is 39.3 Å². The van der Waals surface area contributed by atoms with Crippen molar-refractivity contribution < 1.29 is 5.11 Å². The third kappa shape index (κ3) is 5.67. The number of pyridine rings is 1. The molecule has 0 saturated heterocycles. The zero-order valence-corrected chi connectivity index (χ0v) is 19.7. The lowest BCUT2D eigenvalue weighted by molar-refractivity contribution is 0.287. The molecule has 1 heterocycles. The summed E-state index contributed by atoms with van der Waals surface area (Å²) in [5.74, 6) is 0.300. The highest BCUT2D eigenvalue weighted by Gasteiger charge is 2.15. The van der Waals surface area contributed by atoms with Crippen LogP contribution < -0.4 is 5.32 Å². The van der Waals surface area contributed by atoms with Crippen molar-refractivity contribution in [1.29, 1.82) is 0 Å². The second-order valence-corrected chi connectivity index (χ2v) is 8.16. The monoisotopic (exact) mass is 440 g/mol. The fourth-order valence-corrected chi connectivity index (χ4v) is 4.00. The van der Waals surface area contributed by atoms with Crippen LogP contribution in [-0.4, -0.2) is 46.1 Å². The van der Waals surface area contributed by atoms with Gasteiger partial charge in [-0.3, -0.25) is 14.8 Å². The molecule has 0 unspecified atom stereocenters. The van der Waals surface area contributed by atoms with Crippen molar-refractivity contribution in [3.63, 3.8) is 0 Å². The van der Waals surface area contributed by atoms with Gasteiger partial charge in [0.05, 0.1) is 11.2 Å². The first-order valence-corrected chi connectivity index (χ1v) is 11.5. The van der Waals surface area contributed by atoms with E-state index in [2.05, 4.69) is 59.9 Å². The molecule has 3 aromatic rings. The number of nitrogens with one attached hydrogen (secondary N) is 1. The van der Waals surface area contributed by atoms with Crippen molar-refractivity contribution in [3.8, 4) is 5.75 Å². The number of phenolic OH excluding ortho intramolecular Hbond substituents is 1. The van der Waals surface area contributed by atoms with Gasteiger partial charge in [-0.2, -0.15) is 0 Å². The average molecular weight is 441 g/mol.